The molecule has 2 fully saturated rings. The predicted octanol–water partition coefficient (Wildman–Crippen LogP) is 2.21. The Morgan fingerprint density at radius 3 is 2.86 bits per heavy atom. The molecule has 1 aliphatic heterocycles. The van der Waals surface area contributed by atoms with Gasteiger partial charge in [0.25, 0.3) is 0 Å². The zero-order valence-corrected chi connectivity index (χ0v) is 13.0. The van der Waals surface area contributed by atoms with Crippen LogP contribution in [0.1, 0.15) is 40.0 Å². The highest BCUT2D eigenvalue weighted by molar-refractivity contribution is 5.72. The van der Waals surface area contributed by atoms with E-state index in [9.17, 15) is 15.0 Å². The minimum Gasteiger partial charge on any atom is -0.462 e. The van der Waals surface area contributed by atoms with Crippen LogP contribution in [0.3, 0.4) is 0 Å². The minimum atomic E-state index is -0.537. The van der Waals surface area contributed by atoms with Crippen molar-refractivity contribution in [2.24, 2.45) is 17.8 Å². The van der Waals surface area contributed by atoms with Gasteiger partial charge in [-0.3, -0.25) is 4.79 Å². The van der Waals surface area contributed by atoms with Crippen molar-refractivity contribution < 1.29 is 19.7 Å². The molecule has 1 heterocycles. The number of allylic oxidation sites excluding steroid dienone is 2. The Labute approximate surface area is 126 Å². The van der Waals surface area contributed by atoms with Crippen LogP contribution in [0.2, 0.25) is 0 Å². The second kappa shape index (κ2) is 6.75. The highest BCUT2D eigenvalue weighted by Gasteiger charge is 2.48. The number of fused-ring (bicyclic) bond motifs is 1. The van der Waals surface area contributed by atoms with Crippen LogP contribution in [0.5, 0.6) is 0 Å². The number of ether oxygens (including phenoxy) is 1. The van der Waals surface area contributed by atoms with Gasteiger partial charge in [-0.1, -0.05) is 30.7 Å². The zero-order chi connectivity index (χ0) is 15.6. The van der Waals surface area contributed by atoms with Gasteiger partial charge in [0.2, 0.25) is 0 Å². The molecular weight excluding hydrogens is 268 g/mol. The molecule has 1 saturated carbocycles. The number of rotatable bonds is 5. The monoisotopic (exact) mass is 294 g/mol. The summed E-state index contributed by atoms with van der Waals surface area (Å²) in [7, 11) is 0. The van der Waals surface area contributed by atoms with E-state index in [1.54, 1.807) is 6.08 Å². The summed E-state index contributed by atoms with van der Waals surface area (Å²) in [5, 5.41) is 20.2. The lowest BCUT2D eigenvalue weighted by Gasteiger charge is -2.18. The molecule has 0 amide bonds. The molecule has 6 atom stereocenters. The molecule has 0 aromatic heterocycles. The summed E-state index contributed by atoms with van der Waals surface area (Å²) in [6.07, 6.45) is 6.30. The van der Waals surface area contributed by atoms with Gasteiger partial charge in [0.15, 0.2) is 0 Å². The molecule has 2 rings (SSSR count). The molecule has 1 aliphatic carbocycles. The standard InChI is InChI=1S/C17H26O4/c1-10(2)4-5-11(3)14(18)7-6-12-13-8-17(20)21-16(13)9-15(12)19/h4,6-7,11-16,18-19H,5,8-9H2,1-3H3/t11?,12-,13-,14-,15-,16+/m1/s1. The van der Waals surface area contributed by atoms with Crippen molar-refractivity contribution >= 4 is 5.97 Å². The lowest BCUT2D eigenvalue weighted by atomic mass is 9.90. The number of hydrogen-bond donors (Lipinski definition) is 2. The van der Waals surface area contributed by atoms with Gasteiger partial charge in [-0.2, -0.15) is 0 Å². The maximum Gasteiger partial charge on any atom is 0.306 e. The van der Waals surface area contributed by atoms with E-state index in [4.69, 9.17) is 4.74 Å². The van der Waals surface area contributed by atoms with Crippen LogP contribution >= 0.6 is 0 Å². The fraction of sp³-hybridized carbons (Fsp3) is 0.706. The normalized spacial score (nSPS) is 34.6. The van der Waals surface area contributed by atoms with Crippen LogP contribution in [0.25, 0.3) is 0 Å². The Kier molecular flexibility index (Phi) is 5.22. The number of carbonyl (C=O) groups is 1. The summed E-state index contributed by atoms with van der Waals surface area (Å²) in [6.45, 7) is 6.09. The van der Waals surface area contributed by atoms with E-state index >= 15 is 0 Å². The first kappa shape index (κ1) is 16.2. The third kappa shape index (κ3) is 3.95. The van der Waals surface area contributed by atoms with Gasteiger partial charge < -0.3 is 14.9 Å². The molecule has 0 radical (unpaired) electrons. The number of carbonyl (C=O) groups excluding carboxylic acids is 1. The van der Waals surface area contributed by atoms with Crippen LogP contribution in [0, 0.1) is 17.8 Å². The summed E-state index contributed by atoms with van der Waals surface area (Å²) in [4.78, 5) is 11.3. The average Bonchev–Trinajstić information content (AvgIpc) is 2.88. The summed E-state index contributed by atoms with van der Waals surface area (Å²) >= 11 is 0. The molecule has 2 N–H and O–H groups in total. The van der Waals surface area contributed by atoms with Crippen LogP contribution in [-0.2, 0) is 9.53 Å². The molecular formula is C17H26O4. The van der Waals surface area contributed by atoms with Gasteiger partial charge in [-0.15, -0.1) is 0 Å². The third-order valence-electron chi connectivity index (χ3n) is 4.59. The minimum absolute atomic E-state index is 0.0593. The first-order valence-corrected chi connectivity index (χ1v) is 7.75. The van der Waals surface area contributed by atoms with Crippen molar-refractivity contribution in [1.82, 2.24) is 0 Å². The molecule has 118 valence electrons. The Hall–Kier alpha value is -1.13. The average molecular weight is 294 g/mol. The van der Waals surface area contributed by atoms with Gasteiger partial charge in [-0.25, -0.2) is 0 Å². The van der Waals surface area contributed by atoms with Crippen molar-refractivity contribution in [3.8, 4) is 0 Å². The van der Waals surface area contributed by atoms with E-state index in [1.807, 2.05) is 26.8 Å². The fourth-order valence-electron chi connectivity index (χ4n) is 3.18. The maximum absolute atomic E-state index is 11.3. The Morgan fingerprint density at radius 2 is 2.19 bits per heavy atom. The summed E-state index contributed by atoms with van der Waals surface area (Å²) in [5.74, 6) is -0.0736. The quantitative estimate of drug-likeness (QED) is 0.602. The van der Waals surface area contributed by atoms with E-state index in [1.165, 1.54) is 5.57 Å². The number of aliphatic hydroxyl groups excluding tert-OH is 2. The van der Waals surface area contributed by atoms with Crippen LogP contribution in [-0.4, -0.2) is 34.5 Å². The van der Waals surface area contributed by atoms with E-state index < -0.39 is 12.2 Å². The van der Waals surface area contributed by atoms with Crippen LogP contribution < -0.4 is 0 Å². The lowest BCUT2D eigenvalue weighted by molar-refractivity contribution is -0.141. The molecule has 0 aromatic carbocycles. The van der Waals surface area contributed by atoms with Crippen LogP contribution in [0.15, 0.2) is 23.8 Å². The maximum atomic E-state index is 11.3. The Balaban J connectivity index is 1.93. The van der Waals surface area contributed by atoms with Gasteiger partial charge in [0, 0.05) is 18.3 Å². The highest BCUT2D eigenvalue weighted by atomic mass is 16.6. The van der Waals surface area contributed by atoms with E-state index in [0.29, 0.717) is 12.8 Å². The summed E-state index contributed by atoms with van der Waals surface area (Å²) in [5.41, 5.74) is 1.24. The molecule has 4 heteroatoms. The smallest absolute Gasteiger partial charge is 0.306 e. The van der Waals surface area contributed by atoms with Crippen molar-refractivity contribution in [3.05, 3.63) is 23.8 Å². The largest absolute Gasteiger partial charge is 0.462 e. The molecule has 0 bridgehead atoms. The van der Waals surface area contributed by atoms with Crippen molar-refractivity contribution in [3.63, 3.8) is 0 Å². The van der Waals surface area contributed by atoms with Crippen molar-refractivity contribution in [2.75, 3.05) is 0 Å². The van der Waals surface area contributed by atoms with Gasteiger partial charge >= 0.3 is 5.97 Å². The van der Waals surface area contributed by atoms with Crippen molar-refractivity contribution in [1.29, 1.82) is 0 Å². The Morgan fingerprint density at radius 1 is 1.48 bits per heavy atom. The van der Waals surface area contributed by atoms with Crippen LogP contribution in [0.4, 0.5) is 0 Å². The first-order chi connectivity index (χ1) is 9.88. The fourth-order valence-corrected chi connectivity index (χ4v) is 3.18. The molecule has 0 spiro atoms. The van der Waals surface area contributed by atoms with E-state index in [2.05, 4.69) is 6.08 Å². The third-order valence-corrected chi connectivity index (χ3v) is 4.59. The summed E-state index contributed by atoms with van der Waals surface area (Å²) < 4.78 is 5.20. The summed E-state index contributed by atoms with van der Waals surface area (Å²) in [6, 6.07) is 0. The van der Waals surface area contributed by atoms with Gasteiger partial charge in [0.05, 0.1) is 18.6 Å². The first-order valence-electron chi connectivity index (χ1n) is 7.75. The van der Waals surface area contributed by atoms with E-state index in [0.717, 1.165) is 6.42 Å². The second-order valence-electron chi connectivity index (χ2n) is 6.65. The molecule has 1 saturated heterocycles. The molecule has 21 heavy (non-hydrogen) atoms. The number of aliphatic hydroxyl groups is 2. The lowest BCUT2D eigenvalue weighted by Crippen LogP contribution is -2.20. The molecule has 1 unspecified atom stereocenters. The van der Waals surface area contributed by atoms with Gasteiger partial charge in [0.1, 0.15) is 6.10 Å². The molecule has 2 aliphatic rings. The second-order valence-corrected chi connectivity index (χ2v) is 6.65. The predicted molar refractivity (Wildman–Crippen MR) is 80.5 cm³/mol. The highest BCUT2D eigenvalue weighted by Crippen LogP contribution is 2.42. The topological polar surface area (TPSA) is 66.8 Å². The number of hydrogen-bond acceptors (Lipinski definition) is 4. The zero-order valence-electron chi connectivity index (χ0n) is 13.0. The number of esters is 1. The Bertz CT molecular complexity index is 436. The van der Waals surface area contributed by atoms with E-state index in [-0.39, 0.29) is 29.8 Å². The molecule has 0 aromatic rings. The SMILES string of the molecule is CC(C)=CCC(C)[C@H](O)C=C[C@@H]1[C@H]2CC(=O)O[C@H]2C[C@H]1O. The van der Waals surface area contributed by atoms with Crippen molar-refractivity contribution in [2.45, 2.75) is 58.3 Å². The van der Waals surface area contributed by atoms with Gasteiger partial charge in [-0.05, 0) is 26.2 Å². The molecule has 4 nitrogen and oxygen atoms in total.